The SMILES string of the molecule is COC(=O)C1=CC(Nc2ccc(OC)cc2)=C(C(=O)OC)CC1Nc1ccc(OC)cc1. The fourth-order valence-corrected chi connectivity index (χ4v) is 3.36. The minimum Gasteiger partial charge on any atom is -0.497 e. The van der Waals surface area contributed by atoms with E-state index in [9.17, 15) is 9.59 Å². The molecule has 0 fully saturated rings. The van der Waals surface area contributed by atoms with Crippen molar-refractivity contribution in [1.29, 1.82) is 0 Å². The molecule has 0 saturated heterocycles. The highest BCUT2D eigenvalue weighted by atomic mass is 16.5. The van der Waals surface area contributed by atoms with Crippen LogP contribution in [0, 0.1) is 0 Å². The number of esters is 2. The molecule has 0 spiro atoms. The van der Waals surface area contributed by atoms with Gasteiger partial charge in [0.25, 0.3) is 0 Å². The standard InChI is InChI=1S/C24H26N2O6/c1-29-17-9-5-15(6-10-17)25-21-13-20(24(28)32-4)22(14-19(21)23(27)31-3)26-16-7-11-18(30-2)12-8-16/h5-13,22,25-26H,14H2,1-4H3. The maximum Gasteiger partial charge on any atom is 0.335 e. The van der Waals surface area contributed by atoms with Crippen LogP contribution >= 0.6 is 0 Å². The van der Waals surface area contributed by atoms with E-state index in [4.69, 9.17) is 18.9 Å². The molecule has 0 radical (unpaired) electrons. The number of hydrogen-bond donors (Lipinski definition) is 2. The summed E-state index contributed by atoms with van der Waals surface area (Å²) < 4.78 is 20.4. The largest absolute Gasteiger partial charge is 0.497 e. The third-order valence-corrected chi connectivity index (χ3v) is 5.06. The van der Waals surface area contributed by atoms with Gasteiger partial charge < -0.3 is 29.6 Å². The average molecular weight is 438 g/mol. The van der Waals surface area contributed by atoms with Crippen molar-refractivity contribution in [2.75, 3.05) is 39.1 Å². The summed E-state index contributed by atoms with van der Waals surface area (Å²) in [4.78, 5) is 25.1. The first-order valence-corrected chi connectivity index (χ1v) is 9.92. The van der Waals surface area contributed by atoms with Gasteiger partial charge in [-0.15, -0.1) is 0 Å². The Morgan fingerprint density at radius 1 is 0.781 bits per heavy atom. The predicted octanol–water partition coefficient (Wildman–Crippen LogP) is 3.53. The second kappa shape index (κ2) is 10.4. The van der Waals surface area contributed by atoms with E-state index in [1.54, 1.807) is 44.6 Å². The third-order valence-electron chi connectivity index (χ3n) is 5.06. The van der Waals surface area contributed by atoms with Crippen LogP contribution in [-0.4, -0.2) is 46.4 Å². The number of nitrogens with one attached hydrogen (secondary N) is 2. The quantitative estimate of drug-likeness (QED) is 0.605. The molecule has 0 heterocycles. The normalized spacial score (nSPS) is 15.4. The van der Waals surface area contributed by atoms with E-state index in [0.717, 1.165) is 11.4 Å². The average Bonchev–Trinajstić information content (AvgIpc) is 2.84. The number of allylic oxidation sites excluding steroid dienone is 1. The molecular weight excluding hydrogens is 412 g/mol. The molecule has 0 amide bonds. The highest BCUT2D eigenvalue weighted by molar-refractivity contribution is 5.97. The molecular formula is C24H26N2O6. The van der Waals surface area contributed by atoms with Gasteiger partial charge in [0.1, 0.15) is 11.5 Å². The lowest BCUT2D eigenvalue weighted by molar-refractivity contribution is -0.138. The van der Waals surface area contributed by atoms with Crippen LogP contribution in [0.3, 0.4) is 0 Å². The van der Waals surface area contributed by atoms with Gasteiger partial charge in [0, 0.05) is 23.5 Å². The molecule has 8 nitrogen and oxygen atoms in total. The van der Waals surface area contributed by atoms with Gasteiger partial charge in [0.05, 0.1) is 45.6 Å². The molecule has 2 aromatic carbocycles. The molecule has 0 saturated carbocycles. The fraction of sp³-hybridized carbons (Fsp3) is 0.250. The first-order chi connectivity index (χ1) is 15.5. The summed E-state index contributed by atoms with van der Waals surface area (Å²) in [6, 6.07) is 14.0. The zero-order valence-electron chi connectivity index (χ0n) is 18.4. The molecule has 1 unspecified atom stereocenters. The van der Waals surface area contributed by atoms with Crippen LogP contribution in [0.5, 0.6) is 11.5 Å². The van der Waals surface area contributed by atoms with E-state index in [2.05, 4.69) is 10.6 Å². The Balaban J connectivity index is 1.95. The zero-order valence-corrected chi connectivity index (χ0v) is 18.4. The number of rotatable bonds is 8. The van der Waals surface area contributed by atoms with Crippen molar-refractivity contribution in [2.24, 2.45) is 0 Å². The lowest BCUT2D eigenvalue weighted by Gasteiger charge is -2.28. The number of benzene rings is 2. The first-order valence-electron chi connectivity index (χ1n) is 9.92. The second-order valence-corrected chi connectivity index (χ2v) is 6.96. The van der Waals surface area contributed by atoms with Gasteiger partial charge >= 0.3 is 11.9 Å². The fourth-order valence-electron chi connectivity index (χ4n) is 3.36. The monoisotopic (exact) mass is 438 g/mol. The van der Waals surface area contributed by atoms with Crippen molar-refractivity contribution >= 4 is 23.3 Å². The molecule has 1 aliphatic carbocycles. The molecule has 2 aromatic rings. The summed E-state index contributed by atoms with van der Waals surface area (Å²) in [5, 5.41) is 6.50. The van der Waals surface area contributed by atoms with Crippen molar-refractivity contribution in [3.63, 3.8) is 0 Å². The Labute approximate surface area is 186 Å². The van der Waals surface area contributed by atoms with E-state index in [-0.39, 0.29) is 6.42 Å². The van der Waals surface area contributed by atoms with E-state index in [1.165, 1.54) is 14.2 Å². The van der Waals surface area contributed by atoms with Crippen LogP contribution in [0.1, 0.15) is 6.42 Å². The van der Waals surface area contributed by atoms with Gasteiger partial charge in [-0.2, -0.15) is 0 Å². The van der Waals surface area contributed by atoms with E-state index >= 15 is 0 Å². The van der Waals surface area contributed by atoms with Crippen molar-refractivity contribution < 1.29 is 28.5 Å². The van der Waals surface area contributed by atoms with Crippen molar-refractivity contribution in [1.82, 2.24) is 0 Å². The van der Waals surface area contributed by atoms with Crippen LogP contribution < -0.4 is 20.1 Å². The summed E-state index contributed by atoms with van der Waals surface area (Å²) in [7, 11) is 5.82. The molecule has 1 atom stereocenters. The molecule has 0 bridgehead atoms. The number of ether oxygens (including phenoxy) is 4. The highest BCUT2D eigenvalue weighted by Crippen LogP contribution is 2.30. The maximum atomic E-state index is 12.6. The maximum absolute atomic E-state index is 12.6. The predicted molar refractivity (Wildman–Crippen MR) is 121 cm³/mol. The third kappa shape index (κ3) is 5.21. The van der Waals surface area contributed by atoms with Gasteiger partial charge in [-0.05, 0) is 54.6 Å². The first kappa shape index (κ1) is 22.7. The zero-order chi connectivity index (χ0) is 23.1. The number of carbonyl (C=O) groups is 2. The number of anilines is 2. The van der Waals surface area contributed by atoms with Crippen molar-refractivity contribution in [3.05, 3.63) is 71.5 Å². The molecule has 2 N–H and O–H groups in total. The highest BCUT2D eigenvalue weighted by Gasteiger charge is 2.32. The molecule has 8 heteroatoms. The topological polar surface area (TPSA) is 95.1 Å². The molecule has 3 rings (SSSR count). The van der Waals surface area contributed by atoms with Gasteiger partial charge in [-0.25, -0.2) is 9.59 Å². The van der Waals surface area contributed by atoms with Gasteiger partial charge in [0.15, 0.2) is 0 Å². The Morgan fingerprint density at radius 3 is 1.81 bits per heavy atom. The van der Waals surface area contributed by atoms with Crippen LogP contribution in [0.4, 0.5) is 11.4 Å². The van der Waals surface area contributed by atoms with Gasteiger partial charge in [-0.1, -0.05) is 0 Å². The van der Waals surface area contributed by atoms with Crippen molar-refractivity contribution in [3.8, 4) is 11.5 Å². The summed E-state index contributed by atoms with van der Waals surface area (Å²) in [6.07, 6.45) is 1.84. The van der Waals surface area contributed by atoms with Crippen LogP contribution in [0.2, 0.25) is 0 Å². The van der Waals surface area contributed by atoms with Crippen LogP contribution in [0.15, 0.2) is 71.5 Å². The minimum absolute atomic E-state index is 0.220. The summed E-state index contributed by atoms with van der Waals surface area (Å²) in [5.41, 5.74) is 2.75. The molecule has 168 valence electrons. The smallest absolute Gasteiger partial charge is 0.335 e. The van der Waals surface area contributed by atoms with E-state index in [0.29, 0.717) is 28.3 Å². The Bertz CT molecular complexity index is 1030. The number of hydrogen-bond acceptors (Lipinski definition) is 8. The Morgan fingerprint density at radius 2 is 1.31 bits per heavy atom. The minimum atomic E-state index is -0.494. The van der Waals surface area contributed by atoms with Gasteiger partial charge in [0.2, 0.25) is 0 Å². The van der Waals surface area contributed by atoms with Crippen LogP contribution in [0.25, 0.3) is 0 Å². The Hall–Kier alpha value is -3.94. The van der Waals surface area contributed by atoms with Crippen molar-refractivity contribution in [2.45, 2.75) is 12.5 Å². The molecule has 32 heavy (non-hydrogen) atoms. The van der Waals surface area contributed by atoms with Gasteiger partial charge in [-0.3, -0.25) is 0 Å². The lowest BCUT2D eigenvalue weighted by atomic mass is 9.90. The number of methoxy groups -OCH3 is 4. The molecule has 1 aliphatic rings. The van der Waals surface area contributed by atoms with E-state index in [1.807, 2.05) is 24.3 Å². The molecule has 0 aliphatic heterocycles. The van der Waals surface area contributed by atoms with E-state index < -0.39 is 18.0 Å². The lowest BCUT2D eigenvalue weighted by Crippen LogP contribution is -2.33. The Kier molecular flexibility index (Phi) is 7.38. The molecule has 0 aromatic heterocycles. The summed E-state index contributed by atoms with van der Waals surface area (Å²) >= 11 is 0. The van der Waals surface area contributed by atoms with Crippen LogP contribution in [-0.2, 0) is 19.1 Å². The summed E-state index contributed by atoms with van der Waals surface area (Å²) in [5.74, 6) is 0.441. The number of carbonyl (C=O) groups excluding carboxylic acids is 2. The summed E-state index contributed by atoms with van der Waals surface area (Å²) in [6.45, 7) is 0. The second-order valence-electron chi connectivity index (χ2n) is 6.96.